The van der Waals surface area contributed by atoms with Gasteiger partial charge in [-0.2, -0.15) is 0 Å². The maximum atomic E-state index is 4.34. The summed E-state index contributed by atoms with van der Waals surface area (Å²) in [6.45, 7) is 6.48. The van der Waals surface area contributed by atoms with Gasteiger partial charge >= 0.3 is 0 Å². The summed E-state index contributed by atoms with van der Waals surface area (Å²) in [5.41, 5.74) is 2.55. The number of hydrogen-bond donors (Lipinski definition) is 3. The lowest BCUT2D eigenvalue weighted by Gasteiger charge is -2.33. The van der Waals surface area contributed by atoms with Gasteiger partial charge in [0.25, 0.3) is 0 Å². The van der Waals surface area contributed by atoms with E-state index >= 15 is 0 Å². The standard InChI is InChI=1S/C20H31N5/c1-16-7-5-6-13-25(16)14-12-23-20(21-2)22-11-10-17-15-24-19-9-4-3-8-18(17)19/h3-4,8-9,15-16,24H,5-7,10-14H2,1-2H3,(H2,21,22,23). The molecule has 1 aromatic carbocycles. The lowest BCUT2D eigenvalue weighted by atomic mass is 10.0. The molecule has 1 saturated heterocycles. The average Bonchev–Trinajstić information content (AvgIpc) is 3.05. The Labute approximate surface area is 150 Å². The predicted molar refractivity (Wildman–Crippen MR) is 106 cm³/mol. The second-order valence-corrected chi connectivity index (χ2v) is 6.92. The summed E-state index contributed by atoms with van der Waals surface area (Å²) in [6.07, 6.45) is 7.13. The molecule has 5 nitrogen and oxygen atoms in total. The molecule has 1 atom stereocenters. The summed E-state index contributed by atoms with van der Waals surface area (Å²) >= 11 is 0. The monoisotopic (exact) mass is 341 g/mol. The molecule has 1 fully saturated rings. The van der Waals surface area contributed by atoms with E-state index in [1.54, 1.807) is 0 Å². The number of nitrogens with zero attached hydrogens (tertiary/aromatic N) is 2. The maximum Gasteiger partial charge on any atom is 0.191 e. The largest absolute Gasteiger partial charge is 0.361 e. The summed E-state index contributed by atoms with van der Waals surface area (Å²) in [6, 6.07) is 9.17. The number of hydrogen-bond acceptors (Lipinski definition) is 2. The second kappa shape index (κ2) is 8.90. The molecule has 3 rings (SSSR count). The highest BCUT2D eigenvalue weighted by atomic mass is 15.2. The van der Waals surface area contributed by atoms with E-state index in [1.165, 1.54) is 42.3 Å². The van der Waals surface area contributed by atoms with E-state index in [9.17, 15) is 0 Å². The van der Waals surface area contributed by atoms with Gasteiger partial charge in [0.2, 0.25) is 0 Å². The summed E-state index contributed by atoms with van der Waals surface area (Å²) in [7, 11) is 1.84. The molecule has 1 aliphatic heterocycles. The minimum atomic E-state index is 0.715. The van der Waals surface area contributed by atoms with E-state index in [1.807, 2.05) is 7.05 Å². The van der Waals surface area contributed by atoms with Crippen LogP contribution in [0.15, 0.2) is 35.5 Å². The number of H-pyrrole nitrogens is 1. The Morgan fingerprint density at radius 2 is 2.08 bits per heavy atom. The van der Waals surface area contributed by atoms with Crippen LogP contribution in [0, 0.1) is 0 Å². The molecular weight excluding hydrogens is 310 g/mol. The molecule has 136 valence electrons. The Bertz CT molecular complexity index is 690. The number of para-hydroxylation sites is 1. The average molecular weight is 342 g/mol. The van der Waals surface area contributed by atoms with Gasteiger partial charge in [0.1, 0.15) is 0 Å². The fourth-order valence-corrected chi connectivity index (χ4v) is 3.68. The maximum absolute atomic E-state index is 4.34. The highest BCUT2D eigenvalue weighted by Crippen LogP contribution is 2.17. The number of aromatic amines is 1. The van der Waals surface area contributed by atoms with Crippen LogP contribution in [0.25, 0.3) is 10.9 Å². The second-order valence-electron chi connectivity index (χ2n) is 6.92. The molecule has 2 heterocycles. The third-order valence-electron chi connectivity index (χ3n) is 5.22. The van der Waals surface area contributed by atoms with Crippen LogP contribution < -0.4 is 10.6 Å². The number of benzene rings is 1. The normalized spacial score (nSPS) is 19.3. The van der Waals surface area contributed by atoms with Gasteiger partial charge < -0.3 is 15.6 Å². The van der Waals surface area contributed by atoms with Crippen molar-refractivity contribution in [1.82, 2.24) is 20.5 Å². The predicted octanol–water partition coefficient (Wildman–Crippen LogP) is 2.75. The molecule has 1 aromatic heterocycles. The first kappa shape index (κ1) is 17.8. The molecule has 2 aromatic rings. The molecule has 0 radical (unpaired) electrons. The fourth-order valence-electron chi connectivity index (χ4n) is 3.68. The zero-order valence-corrected chi connectivity index (χ0v) is 15.5. The van der Waals surface area contributed by atoms with Crippen LogP contribution in [0.5, 0.6) is 0 Å². The van der Waals surface area contributed by atoms with Crippen molar-refractivity contribution in [2.75, 3.05) is 33.2 Å². The molecular formula is C20H31N5. The van der Waals surface area contributed by atoms with Crippen LogP contribution >= 0.6 is 0 Å². The Morgan fingerprint density at radius 3 is 2.92 bits per heavy atom. The van der Waals surface area contributed by atoms with E-state index in [2.05, 4.69) is 62.9 Å². The van der Waals surface area contributed by atoms with Gasteiger partial charge in [-0.05, 0) is 44.4 Å². The molecule has 0 spiro atoms. The quantitative estimate of drug-likeness (QED) is 0.559. The van der Waals surface area contributed by atoms with Crippen LogP contribution in [-0.4, -0.2) is 55.1 Å². The van der Waals surface area contributed by atoms with E-state index in [-0.39, 0.29) is 0 Å². The van der Waals surface area contributed by atoms with Crippen molar-refractivity contribution in [2.45, 2.75) is 38.6 Å². The zero-order valence-electron chi connectivity index (χ0n) is 15.5. The van der Waals surface area contributed by atoms with E-state index in [0.29, 0.717) is 6.04 Å². The molecule has 3 N–H and O–H groups in total. The molecule has 0 aliphatic carbocycles. The van der Waals surface area contributed by atoms with Crippen LogP contribution in [0.3, 0.4) is 0 Å². The smallest absolute Gasteiger partial charge is 0.191 e. The molecule has 1 unspecified atom stereocenters. The number of guanidine groups is 1. The van der Waals surface area contributed by atoms with Crippen molar-refractivity contribution in [3.05, 3.63) is 36.0 Å². The Hall–Kier alpha value is -2.01. The summed E-state index contributed by atoms with van der Waals surface area (Å²) in [5, 5.41) is 8.18. The third-order valence-corrected chi connectivity index (χ3v) is 5.22. The van der Waals surface area contributed by atoms with Gasteiger partial charge in [0, 0.05) is 49.8 Å². The highest BCUT2D eigenvalue weighted by Gasteiger charge is 2.17. The Balaban J connectivity index is 1.40. The number of fused-ring (bicyclic) bond motifs is 1. The van der Waals surface area contributed by atoms with Gasteiger partial charge in [0.05, 0.1) is 0 Å². The van der Waals surface area contributed by atoms with Crippen molar-refractivity contribution in [3.63, 3.8) is 0 Å². The number of likely N-dealkylation sites (tertiary alicyclic amines) is 1. The van der Waals surface area contributed by atoms with Crippen molar-refractivity contribution in [3.8, 4) is 0 Å². The highest BCUT2D eigenvalue weighted by molar-refractivity contribution is 5.83. The van der Waals surface area contributed by atoms with Gasteiger partial charge in [-0.1, -0.05) is 24.6 Å². The number of nitrogens with one attached hydrogen (secondary N) is 3. The molecule has 0 saturated carbocycles. The molecule has 5 heteroatoms. The van der Waals surface area contributed by atoms with Gasteiger partial charge in [0.15, 0.2) is 5.96 Å². The van der Waals surface area contributed by atoms with Gasteiger partial charge in [-0.3, -0.25) is 9.89 Å². The summed E-state index contributed by atoms with van der Waals surface area (Å²) < 4.78 is 0. The summed E-state index contributed by atoms with van der Waals surface area (Å²) in [4.78, 5) is 10.3. The zero-order chi connectivity index (χ0) is 17.5. The first-order valence-corrected chi connectivity index (χ1v) is 9.51. The van der Waals surface area contributed by atoms with Gasteiger partial charge in [-0.15, -0.1) is 0 Å². The Kier molecular flexibility index (Phi) is 6.34. The van der Waals surface area contributed by atoms with Crippen LogP contribution in [0.2, 0.25) is 0 Å². The minimum Gasteiger partial charge on any atom is -0.361 e. The molecule has 25 heavy (non-hydrogen) atoms. The van der Waals surface area contributed by atoms with E-state index < -0.39 is 0 Å². The first-order valence-electron chi connectivity index (χ1n) is 9.51. The van der Waals surface area contributed by atoms with E-state index in [0.717, 1.165) is 32.0 Å². The van der Waals surface area contributed by atoms with Crippen LogP contribution in [0.1, 0.15) is 31.7 Å². The number of aromatic nitrogens is 1. The SMILES string of the molecule is CN=C(NCCc1c[nH]c2ccccc12)NCCN1CCCCC1C. The number of aliphatic imine (C=N–C) groups is 1. The molecule has 1 aliphatic rings. The van der Waals surface area contributed by atoms with Gasteiger partial charge in [-0.25, -0.2) is 0 Å². The van der Waals surface area contributed by atoms with Crippen LogP contribution in [0.4, 0.5) is 0 Å². The van der Waals surface area contributed by atoms with Crippen molar-refractivity contribution in [1.29, 1.82) is 0 Å². The number of rotatable bonds is 6. The fraction of sp³-hybridized carbons (Fsp3) is 0.550. The lowest BCUT2D eigenvalue weighted by molar-refractivity contribution is 0.163. The molecule has 0 amide bonds. The Morgan fingerprint density at radius 1 is 1.24 bits per heavy atom. The van der Waals surface area contributed by atoms with E-state index in [4.69, 9.17) is 0 Å². The topological polar surface area (TPSA) is 55.5 Å². The lowest BCUT2D eigenvalue weighted by Crippen LogP contribution is -2.45. The van der Waals surface area contributed by atoms with Crippen molar-refractivity contribution in [2.24, 2.45) is 4.99 Å². The number of piperidine rings is 1. The minimum absolute atomic E-state index is 0.715. The molecule has 0 bridgehead atoms. The van der Waals surface area contributed by atoms with Crippen molar-refractivity contribution >= 4 is 16.9 Å². The third kappa shape index (κ3) is 4.75. The first-order chi connectivity index (χ1) is 12.3. The van der Waals surface area contributed by atoms with Crippen LogP contribution in [-0.2, 0) is 6.42 Å². The van der Waals surface area contributed by atoms with Crippen molar-refractivity contribution < 1.29 is 0 Å². The summed E-state index contributed by atoms with van der Waals surface area (Å²) in [5.74, 6) is 0.893.